The fourth-order valence-electron chi connectivity index (χ4n) is 3.76. The van der Waals surface area contributed by atoms with Crippen molar-refractivity contribution in [3.8, 4) is 0 Å². The molecule has 1 amide bonds. The van der Waals surface area contributed by atoms with E-state index in [4.69, 9.17) is 9.15 Å². The first-order chi connectivity index (χ1) is 15.6. The summed E-state index contributed by atoms with van der Waals surface area (Å²) in [5, 5.41) is 14.2. The first kappa shape index (κ1) is 23.9. The number of likely N-dealkylation sites (N-methyl/N-ethyl adjacent to an activating group) is 1. The second-order valence-electron chi connectivity index (χ2n) is 7.72. The lowest BCUT2D eigenvalue weighted by molar-refractivity contribution is -0.384. The summed E-state index contributed by atoms with van der Waals surface area (Å²) < 4.78 is 10.5. The van der Waals surface area contributed by atoms with Crippen LogP contribution in [0, 0.1) is 17.0 Å². The Morgan fingerprint density at radius 1 is 1.18 bits per heavy atom. The van der Waals surface area contributed by atoms with Crippen molar-refractivity contribution >= 4 is 34.9 Å². The van der Waals surface area contributed by atoms with E-state index in [0.717, 1.165) is 13.1 Å². The van der Waals surface area contributed by atoms with E-state index in [1.807, 2.05) is 11.9 Å². The molecule has 3 rings (SSSR count). The number of nitro benzene ring substituents is 1. The van der Waals surface area contributed by atoms with Crippen LogP contribution < -0.4 is 10.2 Å². The number of ketones is 1. The quantitative estimate of drug-likeness (QED) is 0.287. The number of carbonyl (C=O) groups is 3. The number of furan rings is 1. The molecule has 1 N–H and O–H groups in total. The SMILES string of the molecule is CCOC(=O)c1c(NC(=O)c2ccc(N3CCN(C)CC3)c([N+](=O)[O-])c2)oc(C)c1C(C)=O. The van der Waals surface area contributed by atoms with Crippen LogP contribution in [0.5, 0.6) is 0 Å². The molecular weight excluding hydrogens is 432 g/mol. The van der Waals surface area contributed by atoms with Gasteiger partial charge in [-0.2, -0.15) is 0 Å². The number of piperazine rings is 1. The molecule has 2 aromatic rings. The number of nitrogens with zero attached hydrogens (tertiary/aromatic N) is 3. The summed E-state index contributed by atoms with van der Waals surface area (Å²) in [6.07, 6.45) is 0. The minimum absolute atomic E-state index is 0.00724. The monoisotopic (exact) mass is 458 g/mol. The molecule has 1 saturated heterocycles. The third-order valence-corrected chi connectivity index (χ3v) is 5.42. The van der Waals surface area contributed by atoms with E-state index >= 15 is 0 Å². The topological polar surface area (TPSA) is 135 Å². The lowest BCUT2D eigenvalue weighted by Crippen LogP contribution is -2.44. The Morgan fingerprint density at radius 2 is 1.85 bits per heavy atom. The van der Waals surface area contributed by atoms with Gasteiger partial charge in [-0.15, -0.1) is 0 Å². The molecule has 0 aliphatic carbocycles. The van der Waals surface area contributed by atoms with E-state index in [9.17, 15) is 24.5 Å². The molecule has 0 spiro atoms. The van der Waals surface area contributed by atoms with Gasteiger partial charge >= 0.3 is 5.97 Å². The van der Waals surface area contributed by atoms with Gasteiger partial charge in [0, 0.05) is 37.8 Å². The van der Waals surface area contributed by atoms with Crippen molar-refractivity contribution in [3.63, 3.8) is 0 Å². The Kier molecular flexibility index (Phi) is 7.12. The summed E-state index contributed by atoms with van der Waals surface area (Å²) in [7, 11) is 1.98. The van der Waals surface area contributed by atoms with E-state index in [1.165, 1.54) is 26.0 Å². The second kappa shape index (κ2) is 9.82. The number of nitrogens with one attached hydrogen (secondary N) is 1. The van der Waals surface area contributed by atoms with Crippen molar-refractivity contribution in [2.75, 3.05) is 50.1 Å². The van der Waals surface area contributed by atoms with Gasteiger partial charge in [0.15, 0.2) is 5.78 Å². The maximum Gasteiger partial charge on any atom is 0.344 e. The number of Topliss-reactive ketones (excluding diaryl/α,β-unsaturated/α-hetero) is 1. The first-order valence-electron chi connectivity index (χ1n) is 10.5. The van der Waals surface area contributed by atoms with Crippen LogP contribution in [0.1, 0.15) is 50.7 Å². The van der Waals surface area contributed by atoms with Gasteiger partial charge < -0.3 is 19.0 Å². The zero-order valence-electron chi connectivity index (χ0n) is 19.0. The fourth-order valence-corrected chi connectivity index (χ4v) is 3.76. The van der Waals surface area contributed by atoms with Crippen LogP contribution in [0.2, 0.25) is 0 Å². The summed E-state index contributed by atoms with van der Waals surface area (Å²) in [5.74, 6) is -2.06. The molecule has 11 heteroatoms. The molecule has 2 heterocycles. The highest BCUT2D eigenvalue weighted by Gasteiger charge is 2.30. The highest BCUT2D eigenvalue weighted by Crippen LogP contribution is 2.32. The van der Waals surface area contributed by atoms with Crippen molar-refractivity contribution in [1.82, 2.24) is 4.90 Å². The van der Waals surface area contributed by atoms with Crippen LogP contribution in [-0.2, 0) is 4.74 Å². The number of carbonyl (C=O) groups excluding carboxylic acids is 3. The van der Waals surface area contributed by atoms with Gasteiger partial charge in [0.2, 0.25) is 5.88 Å². The van der Waals surface area contributed by atoms with E-state index in [-0.39, 0.29) is 40.6 Å². The third kappa shape index (κ3) is 5.03. The van der Waals surface area contributed by atoms with Gasteiger partial charge in [0.25, 0.3) is 11.6 Å². The number of hydrogen-bond donors (Lipinski definition) is 1. The number of anilines is 2. The van der Waals surface area contributed by atoms with E-state index in [1.54, 1.807) is 13.0 Å². The van der Waals surface area contributed by atoms with Gasteiger partial charge in [-0.05, 0) is 40.0 Å². The molecule has 0 radical (unpaired) electrons. The second-order valence-corrected chi connectivity index (χ2v) is 7.72. The lowest BCUT2D eigenvalue weighted by atomic mass is 10.1. The van der Waals surface area contributed by atoms with Gasteiger partial charge in [-0.3, -0.25) is 25.0 Å². The smallest absolute Gasteiger partial charge is 0.344 e. The van der Waals surface area contributed by atoms with Crippen LogP contribution in [0.4, 0.5) is 17.3 Å². The minimum atomic E-state index is -0.814. The van der Waals surface area contributed by atoms with Crippen molar-refractivity contribution < 1.29 is 28.5 Å². The molecule has 0 unspecified atom stereocenters. The zero-order chi connectivity index (χ0) is 24.3. The van der Waals surface area contributed by atoms with E-state index in [0.29, 0.717) is 18.8 Å². The molecule has 0 bridgehead atoms. The van der Waals surface area contributed by atoms with Gasteiger partial charge in [0.05, 0.1) is 17.1 Å². The minimum Gasteiger partial charge on any atom is -0.462 e. The fraction of sp³-hybridized carbons (Fsp3) is 0.409. The van der Waals surface area contributed by atoms with Gasteiger partial charge in [-0.1, -0.05) is 0 Å². The number of rotatable bonds is 7. The number of nitro groups is 1. The molecule has 1 aliphatic heterocycles. The van der Waals surface area contributed by atoms with Crippen molar-refractivity contribution in [2.45, 2.75) is 20.8 Å². The predicted molar refractivity (Wildman–Crippen MR) is 120 cm³/mol. The summed E-state index contributed by atoms with van der Waals surface area (Å²) >= 11 is 0. The molecule has 176 valence electrons. The maximum absolute atomic E-state index is 12.9. The standard InChI is InChI=1S/C22H26N4O7/c1-5-32-22(29)19-18(13(2)27)14(3)33-21(19)23-20(28)15-6-7-16(17(12-15)26(30)31)25-10-8-24(4)9-11-25/h6-7,12H,5,8-11H2,1-4H3,(H,23,28). The number of aryl methyl sites for hydroxylation is 1. The molecule has 1 aromatic carbocycles. The molecular formula is C22H26N4O7. The Labute approximate surface area is 190 Å². The highest BCUT2D eigenvalue weighted by molar-refractivity contribution is 6.12. The Balaban J connectivity index is 1.93. The summed E-state index contributed by atoms with van der Waals surface area (Å²) in [5.41, 5.74) is 0.0779. The Bertz CT molecular complexity index is 1100. The molecule has 11 nitrogen and oxygen atoms in total. The molecule has 1 aliphatic rings. The molecule has 33 heavy (non-hydrogen) atoms. The normalized spacial score (nSPS) is 14.1. The largest absolute Gasteiger partial charge is 0.462 e. The van der Waals surface area contributed by atoms with E-state index in [2.05, 4.69) is 10.2 Å². The lowest BCUT2D eigenvalue weighted by Gasteiger charge is -2.33. The Hall–Kier alpha value is -3.73. The molecule has 0 atom stereocenters. The maximum atomic E-state index is 12.9. The highest BCUT2D eigenvalue weighted by atomic mass is 16.6. The number of amides is 1. The summed E-state index contributed by atoms with van der Waals surface area (Å²) in [6, 6.07) is 4.20. The third-order valence-electron chi connectivity index (χ3n) is 5.42. The zero-order valence-corrected chi connectivity index (χ0v) is 19.0. The number of esters is 1. The van der Waals surface area contributed by atoms with Crippen LogP contribution in [-0.4, -0.2) is 67.3 Å². The van der Waals surface area contributed by atoms with Crippen LogP contribution in [0.15, 0.2) is 22.6 Å². The summed E-state index contributed by atoms with van der Waals surface area (Å²) in [6.45, 7) is 7.23. The van der Waals surface area contributed by atoms with Gasteiger partial charge in [0.1, 0.15) is 17.0 Å². The first-order valence-corrected chi connectivity index (χ1v) is 10.5. The summed E-state index contributed by atoms with van der Waals surface area (Å²) in [4.78, 5) is 52.6. The van der Waals surface area contributed by atoms with Crippen molar-refractivity contribution in [2.24, 2.45) is 0 Å². The number of ether oxygens (including phenoxy) is 1. The number of benzene rings is 1. The number of hydrogen-bond acceptors (Lipinski definition) is 9. The average molecular weight is 458 g/mol. The van der Waals surface area contributed by atoms with Crippen molar-refractivity contribution in [3.05, 3.63) is 50.8 Å². The van der Waals surface area contributed by atoms with Crippen LogP contribution in [0.25, 0.3) is 0 Å². The van der Waals surface area contributed by atoms with Crippen LogP contribution in [0.3, 0.4) is 0 Å². The van der Waals surface area contributed by atoms with E-state index < -0.39 is 22.6 Å². The molecule has 0 saturated carbocycles. The predicted octanol–water partition coefficient (Wildman–Crippen LogP) is 2.88. The van der Waals surface area contributed by atoms with Gasteiger partial charge in [-0.25, -0.2) is 4.79 Å². The van der Waals surface area contributed by atoms with Crippen molar-refractivity contribution in [1.29, 1.82) is 0 Å². The molecule has 1 aromatic heterocycles. The average Bonchev–Trinajstić information content (AvgIpc) is 3.09. The molecule has 1 fully saturated rings. The van der Waals surface area contributed by atoms with Crippen LogP contribution >= 0.6 is 0 Å². The Morgan fingerprint density at radius 3 is 2.42 bits per heavy atom.